The number of carbonyl (C=O) groups is 1. The van der Waals surface area contributed by atoms with Crippen molar-refractivity contribution in [2.45, 2.75) is 31.3 Å². The highest BCUT2D eigenvalue weighted by Crippen LogP contribution is 2.43. The zero-order valence-electron chi connectivity index (χ0n) is 14.3. The summed E-state index contributed by atoms with van der Waals surface area (Å²) in [4.78, 5) is 11.5. The highest BCUT2D eigenvalue weighted by atomic mass is 19.1. The number of carbonyl (C=O) groups excluding carboxylic acids is 1. The molecule has 1 aliphatic carbocycles. The minimum Gasteiger partial charge on any atom is -0.508 e. The maximum atomic E-state index is 14.2. The molecule has 0 radical (unpaired) electrons. The second kappa shape index (κ2) is 6.52. The molecule has 5 nitrogen and oxygen atoms in total. The van der Waals surface area contributed by atoms with Crippen LogP contribution in [-0.2, 0) is 16.0 Å². The van der Waals surface area contributed by atoms with Crippen molar-refractivity contribution in [3.8, 4) is 17.2 Å². The van der Waals surface area contributed by atoms with E-state index < -0.39 is 6.10 Å². The summed E-state index contributed by atoms with van der Waals surface area (Å²) >= 11 is 0. The van der Waals surface area contributed by atoms with Crippen molar-refractivity contribution in [2.75, 3.05) is 13.7 Å². The number of ether oxygens (including phenoxy) is 3. The van der Waals surface area contributed by atoms with E-state index in [0.29, 0.717) is 42.1 Å². The van der Waals surface area contributed by atoms with Gasteiger partial charge in [0.2, 0.25) is 0 Å². The second-order valence-corrected chi connectivity index (χ2v) is 6.59. The number of hydrogen-bond donors (Lipinski definition) is 1. The van der Waals surface area contributed by atoms with E-state index in [1.54, 1.807) is 12.1 Å². The summed E-state index contributed by atoms with van der Waals surface area (Å²) < 4.78 is 30.6. The predicted octanol–water partition coefficient (Wildman–Crippen LogP) is 3.64. The number of hydrogen-bond acceptors (Lipinski definition) is 5. The highest BCUT2D eigenvalue weighted by molar-refractivity contribution is 5.71. The van der Waals surface area contributed by atoms with Gasteiger partial charge >= 0.3 is 5.97 Å². The van der Waals surface area contributed by atoms with Crippen LogP contribution < -0.4 is 9.47 Å². The summed E-state index contributed by atoms with van der Waals surface area (Å²) in [7, 11) is 1.37. The number of phenolic OH excluding ortho intramolecular Hbond substituents is 1. The quantitative estimate of drug-likeness (QED) is 0.846. The first-order chi connectivity index (χ1) is 12.6. The molecule has 0 fully saturated rings. The fraction of sp³-hybridized carbons (Fsp3) is 0.350. The van der Waals surface area contributed by atoms with Crippen LogP contribution >= 0.6 is 0 Å². The van der Waals surface area contributed by atoms with Crippen LogP contribution in [0.2, 0.25) is 0 Å². The third-order valence-electron chi connectivity index (χ3n) is 5.04. The standard InChI is InChI=1S/C20H19FO5/c1-24-19(23)8-11-10-25-18-9-12(2-3-13(11)18)26-17-7-4-14-16(22)6-5-15(21)20(14)17/h2-3,5-6,9,11,17,22H,4,7-8,10H2,1H3/t11?,17-/m1/s1. The van der Waals surface area contributed by atoms with Crippen molar-refractivity contribution < 1.29 is 28.5 Å². The Labute approximate surface area is 150 Å². The molecule has 0 spiro atoms. The summed E-state index contributed by atoms with van der Waals surface area (Å²) in [5, 5.41) is 9.91. The lowest BCUT2D eigenvalue weighted by atomic mass is 9.98. The first-order valence-corrected chi connectivity index (χ1v) is 8.57. The third-order valence-corrected chi connectivity index (χ3v) is 5.04. The highest BCUT2D eigenvalue weighted by Gasteiger charge is 2.31. The Morgan fingerprint density at radius 3 is 3.00 bits per heavy atom. The fourth-order valence-corrected chi connectivity index (χ4v) is 3.72. The van der Waals surface area contributed by atoms with Crippen molar-refractivity contribution >= 4 is 5.97 Å². The molecule has 136 valence electrons. The van der Waals surface area contributed by atoms with E-state index in [1.807, 2.05) is 6.07 Å². The predicted molar refractivity (Wildman–Crippen MR) is 91.1 cm³/mol. The van der Waals surface area contributed by atoms with Crippen LogP contribution in [0.15, 0.2) is 30.3 Å². The van der Waals surface area contributed by atoms with Crippen molar-refractivity contribution in [1.29, 1.82) is 0 Å². The van der Waals surface area contributed by atoms with E-state index in [2.05, 4.69) is 0 Å². The maximum Gasteiger partial charge on any atom is 0.306 e. The Morgan fingerprint density at radius 2 is 2.19 bits per heavy atom. The Hall–Kier alpha value is -2.76. The lowest BCUT2D eigenvalue weighted by molar-refractivity contribution is -0.141. The Bertz CT molecular complexity index is 864. The monoisotopic (exact) mass is 358 g/mol. The first kappa shape index (κ1) is 16.7. The molecular weight excluding hydrogens is 339 g/mol. The topological polar surface area (TPSA) is 65.0 Å². The van der Waals surface area contributed by atoms with Crippen LogP contribution in [0.4, 0.5) is 4.39 Å². The molecule has 1 unspecified atom stereocenters. The van der Waals surface area contributed by atoms with Crippen LogP contribution in [0.5, 0.6) is 17.2 Å². The normalized spacial score (nSPS) is 20.2. The number of halogens is 1. The number of phenols is 1. The number of esters is 1. The van der Waals surface area contributed by atoms with Gasteiger partial charge in [0.1, 0.15) is 29.2 Å². The molecule has 0 aromatic heterocycles. The molecule has 0 bridgehead atoms. The number of aromatic hydroxyl groups is 1. The van der Waals surface area contributed by atoms with Gasteiger partial charge < -0.3 is 19.3 Å². The van der Waals surface area contributed by atoms with Gasteiger partial charge in [0.25, 0.3) is 0 Å². The average Bonchev–Trinajstić information content (AvgIpc) is 3.23. The van der Waals surface area contributed by atoms with Crippen LogP contribution in [0.25, 0.3) is 0 Å². The van der Waals surface area contributed by atoms with E-state index in [4.69, 9.17) is 14.2 Å². The van der Waals surface area contributed by atoms with Crippen molar-refractivity contribution in [3.05, 3.63) is 52.8 Å². The number of rotatable bonds is 4. The van der Waals surface area contributed by atoms with E-state index in [0.717, 1.165) is 5.56 Å². The molecule has 6 heteroatoms. The smallest absolute Gasteiger partial charge is 0.306 e. The van der Waals surface area contributed by atoms with Crippen LogP contribution in [0.3, 0.4) is 0 Å². The Morgan fingerprint density at radius 1 is 1.35 bits per heavy atom. The van der Waals surface area contributed by atoms with Gasteiger partial charge in [0.15, 0.2) is 0 Å². The van der Waals surface area contributed by atoms with E-state index in [1.165, 1.54) is 19.2 Å². The van der Waals surface area contributed by atoms with Crippen LogP contribution in [-0.4, -0.2) is 24.8 Å². The Kier molecular flexibility index (Phi) is 4.18. The summed E-state index contributed by atoms with van der Waals surface area (Å²) in [5.74, 6) is 0.679. The average molecular weight is 358 g/mol. The minimum absolute atomic E-state index is 0.0342. The minimum atomic E-state index is -0.442. The molecule has 2 aliphatic rings. The number of methoxy groups -OCH3 is 1. The Balaban J connectivity index is 1.54. The molecule has 26 heavy (non-hydrogen) atoms. The third kappa shape index (κ3) is 2.85. The summed E-state index contributed by atoms with van der Waals surface area (Å²) in [5.41, 5.74) is 1.99. The second-order valence-electron chi connectivity index (χ2n) is 6.59. The fourth-order valence-electron chi connectivity index (χ4n) is 3.72. The molecule has 2 aromatic rings. The van der Waals surface area contributed by atoms with Crippen molar-refractivity contribution in [3.63, 3.8) is 0 Å². The van der Waals surface area contributed by atoms with Gasteiger partial charge in [-0.05, 0) is 31.0 Å². The SMILES string of the molecule is COC(=O)CC1COc2cc(O[C@@H]3CCc4c(O)ccc(F)c43)ccc21. The van der Waals surface area contributed by atoms with Crippen molar-refractivity contribution in [2.24, 2.45) is 0 Å². The largest absolute Gasteiger partial charge is 0.508 e. The van der Waals surface area contributed by atoms with Gasteiger partial charge in [-0.1, -0.05) is 6.07 Å². The van der Waals surface area contributed by atoms with Gasteiger partial charge in [-0.3, -0.25) is 4.79 Å². The molecule has 0 saturated carbocycles. The summed E-state index contributed by atoms with van der Waals surface area (Å²) in [6.45, 7) is 0.419. The molecule has 2 atom stereocenters. The van der Waals surface area contributed by atoms with Gasteiger partial charge in [-0.2, -0.15) is 0 Å². The summed E-state index contributed by atoms with van der Waals surface area (Å²) in [6.07, 6.45) is 1.01. The number of fused-ring (bicyclic) bond motifs is 2. The van der Waals surface area contributed by atoms with Gasteiger partial charge in [0.05, 0.1) is 20.1 Å². The van der Waals surface area contributed by atoms with E-state index in [-0.39, 0.29) is 29.9 Å². The molecule has 1 heterocycles. The van der Waals surface area contributed by atoms with Gasteiger partial charge in [-0.15, -0.1) is 0 Å². The molecular formula is C20H19FO5. The van der Waals surface area contributed by atoms with Crippen LogP contribution in [0, 0.1) is 5.82 Å². The van der Waals surface area contributed by atoms with E-state index in [9.17, 15) is 14.3 Å². The molecule has 2 aromatic carbocycles. The first-order valence-electron chi connectivity index (χ1n) is 8.57. The summed E-state index contributed by atoms with van der Waals surface area (Å²) in [6, 6.07) is 8.09. The zero-order chi connectivity index (χ0) is 18.3. The lowest BCUT2D eigenvalue weighted by Crippen LogP contribution is -2.09. The molecule has 0 amide bonds. The van der Waals surface area contributed by atoms with Crippen LogP contribution in [0.1, 0.15) is 41.6 Å². The van der Waals surface area contributed by atoms with E-state index >= 15 is 0 Å². The molecule has 1 aliphatic heterocycles. The van der Waals surface area contributed by atoms with Crippen molar-refractivity contribution in [1.82, 2.24) is 0 Å². The van der Waals surface area contributed by atoms with Gasteiger partial charge in [0, 0.05) is 28.7 Å². The van der Waals surface area contributed by atoms with Gasteiger partial charge in [-0.25, -0.2) is 4.39 Å². The zero-order valence-corrected chi connectivity index (χ0v) is 14.3. The maximum absolute atomic E-state index is 14.2. The molecule has 1 N–H and O–H groups in total. The lowest BCUT2D eigenvalue weighted by Gasteiger charge is -2.16. The molecule has 4 rings (SSSR count). The number of benzene rings is 2. The molecule has 0 saturated heterocycles.